The molecule has 0 aromatic heterocycles. The summed E-state index contributed by atoms with van der Waals surface area (Å²) in [5.74, 6) is -3.47. The summed E-state index contributed by atoms with van der Waals surface area (Å²) in [6, 6.07) is 0.648. The first-order chi connectivity index (χ1) is 9.50. The molecular formula is C11H11F2N3O4. The summed E-state index contributed by atoms with van der Waals surface area (Å²) in [6.45, 7) is 0.903. The number of amides is 1. The molecule has 1 heterocycles. The van der Waals surface area contributed by atoms with Gasteiger partial charge in [0.05, 0.1) is 18.1 Å². The fourth-order valence-electron chi connectivity index (χ4n) is 1.76. The minimum Gasteiger partial charge on any atom is -0.378 e. The van der Waals surface area contributed by atoms with E-state index in [0.29, 0.717) is 19.2 Å². The molecule has 1 aliphatic heterocycles. The van der Waals surface area contributed by atoms with E-state index in [1.54, 1.807) is 0 Å². The lowest BCUT2D eigenvalue weighted by molar-refractivity contribution is -0.384. The molecule has 0 saturated carbocycles. The Bertz CT molecular complexity index is 547. The van der Waals surface area contributed by atoms with Gasteiger partial charge in [-0.15, -0.1) is 0 Å². The molecule has 20 heavy (non-hydrogen) atoms. The van der Waals surface area contributed by atoms with Crippen molar-refractivity contribution < 1.29 is 23.2 Å². The number of carbonyl (C=O) groups excluding carboxylic acids is 1. The van der Waals surface area contributed by atoms with Crippen LogP contribution in [0.3, 0.4) is 0 Å². The van der Waals surface area contributed by atoms with E-state index >= 15 is 0 Å². The molecule has 1 unspecified atom stereocenters. The van der Waals surface area contributed by atoms with Crippen LogP contribution in [-0.4, -0.2) is 36.6 Å². The number of hydrogen-bond acceptors (Lipinski definition) is 5. The zero-order valence-corrected chi connectivity index (χ0v) is 10.2. The van der Waals surface area contributed by atoms with Crippen LogP contribution < -0.4 is 10.6 Å². The van der Waals surface area contributed by atoms with E-state index in [-0.39, 0.29) is 6.61 Å². The summed E-state index contributed by atoms with van der Waals surface area (Å²) < 4.78 is 31.8. The molecule has 1 atom stereocenters. The Morgan fingerprint density at radius 1 is 1.50 bits per heavy atom. The number of halogens is 2. The number of carbonyl (C=O) groups is 1. The smallest absolute Gasteiger partial charge is 0.296 e. The van der Waals surface area contributed by atoms with Crippen LogP contribution in [0.5, 0.6) is 0 Å². The Kier molecular flexibility index (Phi) is 4.20. The molecule has 1 aliphatic rings. The molecule has 0 radical (unpaired) electrons. The molecular weight excluding hydrogens is 276 g/mol. The normalized spacial score (nSPS) is 18.6. The van der Waals surface area contributed by atoms with Crippen LogP contribution in [-0.2, 0) is 9.53 Å². The van der Waals surface area contributed by atoms with Crippen molar-refractivity contribution in [2.24, 2.45) is 0 Å². The highest BCUT2D eigenvalue weighted by atomic mass is 19.2. The second-order valence-corrected chi connectivity index (χ2v) is 4.08. The van der Waals surface area contributed by atoms with E-state index in [9.17, 15) is 23.7 Å². The van der Waals surface area contributed by atoms with Crippen LogP contribution >= 0.6 is 0 Å². The monoisotopic (exact) mass is 287 g/mol. The Balaban J connectivity index is 2.25. The Morgan fingerprint density at radius 2 is 2.25 bits per heavy atom. The van der Waals surface area contributed by atoms with Crippen molar-refractivity contribution in [1.29, 1.82) is 0 Å². The minimum absolute atomic E-state index is 0.0521. The molecule has 1 fully saturated rings. The number of nitro benzene ring substituents is 1. The van der Waals surface area contributed by atoms with E-state index in [1.807, 2.05) is 5.32 Å². The number of morpholine rings is 1. The van der Waals surface area contributed by atoms with Gasteiger partial charge in [-0.3, -0.25) is 14.9 Å². The number of nitrogens with one attached hydrogen (secondary N) is 2. The zero-order chi connectivity index (χ0) is 14.7. The molecule has 1 saturated heterocycles. The molecule has 1 aromatic rings. The Labute approximate surface area is 112 Å². The van der Waals surface area contributed by atoms with Gasteiger partial charge in [0, 0.05) is 12.6 Å². The predicted octanol–water partition coefficient (Wildman–Crippen LogP) is 0.800. The third-order valence-corrected chi connectivity index (χ3v) is 2.76. The summed E-state index contributed by atoms with van der Waals surface area (Å²) >= 11 is 0. The molecule has 0 aliphatic carbocycles. The molecule has 0 spiro atoms. The summed E-state index contributed by atoms with van der Waals surface area (Å²) in [5.41, 5.74) is -1.50. The molecule has 7 nitrogen and oxygen atoms in total. The first kappa shape index (κ1) is 14.3. The van der Waals surface area contributed by atoms with Gasteiger partial charge in [-0.05, 0) is 6.07 Å². The maximum atomic E-state index is 13.6. The summed E-state index contributed by atoms with van der Waals surface area (Å²) in [7, 11) is 0. The van der Waals surface area contributed by atoms with Gasteiger partial charge >= 0.3 is 0 Å². The first-order valence-electron chi connectivity index (χ1n) is 5.75. The van der Waals surface area contributed by atoms with Crippen LogP contribution in [0.4, 0.5) is 20.2 Å². The van der Waals surface area contributed by atoms with Gasteiger partial charge in [-0.1, -0.05) is 0 Å². The molecule has 1 amide bonds. The number of anilines is 1. The third kappa shape index (κ3) is 2.89. The van der Waals surface area contributed by atoms with Crippen molar-refractivity contribution in [2.45, 2.75) is 6.04 Å². The lowest BCUT2D eigenvalue weighted by atomic mass is 10.2. The molecule has 0 bridgehead atoms. The highest BCUT2D eigenvalue weighted by molar-refractivity contribution is 5.97. The minimum atomic E-state index is -1.47. The zero-order valence-electron chi connectivity index (χ0n) is 10.2. The largest absolute Gasteiger partial charge is 0.378 e. The van der Waals surface area contributed by atoms with Gasteiger partial charge in [-0.25, -0.2) is 8.78 Å². The lowest BCUT2D eigenvalue weighted by Gasteiger charge is -2.22. The average Bonchev–Trinajstić information content (AvgIpc) is 2.44. The SMILES string of the molecule is O=C(Nc1c([N+](=O)[O-])ccc(F)c1F)C1COCCN1. The average molecular weight is 287 g/mol. The fourth-order valence-corrected chi connectivity index (χ4v) is 1.76. The number of nitro groups is 1. The van der Waals surface area contributed by atoms with Crippen molar-refractivity contribution in [3.05, 3.63) is 33.9 Å². The van der Waals surface area contributed by atoms with E-state index in [4.69, 9.17) is 4.74 Å². The van der Waals surface area contributed by atoms with Gasteiger partial charge < -0.3 is 15.4 Å². The predicted molar refractivity (Wildman–Crippen MR) is 64.3 cm³/mol. The van der Waals surface area contributed by atoms with Gasteiger partial charge in [-0.2, -0.15) is 0 Å². The van der Waals surface area contributed by atoms with Crippen LogP contribution in [0.15, 0.2) is 12.1 Å². The highest BCUT2D eigenvalue weighted by Crippen LogP contribution is 2.29. The second-order valence-electron chi connectivity index (χ2n) is 4.08. The van der Waals surface area contributed by atoms with Crippen LogP contribution in [0.25, 0.3) is 0 Å². The number of ether oxygens (including phenoxy) is 1. The van der Waals surface area contributed by atoms with Gasteiger partial charge in [0.15, 0.2) is 17.3 Å². The van der Waals surface area contributed by atoms with E-state index in [0.717, 1.165) is 6.07 Å². The van der Waals surface area contributed by atoms with Crippen LogP contribution in [0.1, 0.15) is 0 Å². The maximum Gasteiger partial charge on any atom is 0.296 e. The topological polar surface area (TPSA) is 93.5 Å². The molecule has 2 N–H and O–H groups in total. The van der Waals surface area contributed by atoms with E-state index in [2.05, 4.69) is 5.32 Å². The first-order valence-corrected chi connectivity index (χ1v) is 5.75. The fraction of sp³-hybridized carbons (Fsp3) is 0.364. The van der Waals surface area contributed by atoms with Crippen molar-refractivity contribution >= 4 is 17.3 Å². The van der Waals surface area contributed by atoms with E-state index < -0.39 is 39.9 Å². The van der Waals surface area contributed by atoms with Gasteiger partial charge in [0.2, 0.25) is 5.91 Å². The quantitative estimate of drug-likeness (QED) is 0.633. The van der Waals surface area contributed by atoms with E-state index in [1.165, 1.54) is 0 Å². The Morgan fingerprint density at radius 3 is 2.85 bits per heavy atom. The lowest BCUT2D eigenvalue weighted by Crippen LogP contribution is -2.49. The van der Waals surface area contributed by atoms with Crippen LogP contribution in [0, 0.1) is 21.7 Å². The van der Waals surface area contributed by atoms with Crippen LogP contribution in [0.2, 0.25) is 0 Å². The third-order valence-electron chi connectivity index (χ3n) is 2.76. The van der Waals surface area contributed by atoms with Crippen molar-refractivity contribution in [3.63, 3.8) is 0 Å². The maximum absolute atomic E-state index is 13.6. The second kappa shape index (κ2) is 5.88. The molecule has 9 heteroatoms. The molecule has 2 rings (SSSR count). The summed E-state index contributed by atoms with van der Waals surface area (Å²) in [4.78, 5) is 21.7. The number of rotatable bonds is 3. The summed E-state index contributed by atoms with van der Waals surface area (Å²) in [5, 5.41) is 15.6. The number of benzene rings is 1. The Hall–Kier alpha value is -2.13. The number of nitrogens with zero attached hydrogens (tertiary/aromatic N) is 1. The van der Waals surface area contributed by atoms with Gasteiger partial charge in [0.25, 0.3) is 5.69 Å². The van der Waals surface area contributed by atoms with Crippen molar-refractivity contribution in [1.82, 2.24) is 5.32 Å². The van der Waals surface area contributed by atoms with Gasteiger partial charge in [0.1, 0.15) is 6.04 Å². The molecule has 108 valence electrons. The number of hydrogen-bond donors (Lipinski definition) is 2. The van der Waals surface area contributed by atoms with Crippen molar-refractivity contribution in [3.8, 4) is 0 Å². The van der Waals surface area contributed by atoms with Crippen molar-refractivity contribution in [2.75, 3.05) is 25.1 Å². The standard InChI is InChI=1S/C11H11F2N3O4/c12-6-1-2-8(16(18)19)10(9(6)13)15-11(17)7-5-20-4-3-14-7/h1-2,7,14H,3-5H2,(H,15,17). The summed E-state index contributed by atoms with van der Waals surface area (Å²) in [6.07, 6.45) is 0. The highest BCUT2D eigenvalue weighted by Gasteiger charge is 2.27. The molecule has 1 aromatic carbocycles.